The average molecular weight is 281 g/mol. The number of benzene rings is 1. The fraction of sp³-hybridized carbons (Fsp3) is 0.444. The normalized spacial score (nSPS) is 17.6. The number of fused-ring (bicyclic) bond motifs is 1. The molecule has 0 bridgehead atoms. The molecule has 1 unspecified atom stereocenters. The van der Waals surface area contributed by atoms with E-state index in [0.717, 1.165) is 23.8 Å². The van der Waals surface area contributed by atoms with Gasteiger partial charge in [0.1, 0.15) is 0 Å². The quantitative estimate of drug-likeness (QED) is 0.906. The molecule has 1 atom stereocenters. The van der Waals surface area contributed by atoms with E-state index in [1.54, 1.807) is 0 Å². The Morgan fingerprint density at radius 2 is 2.00 bits per heavy atom. The maximum atomic E-state index is 4.68. The van der Waals surface area contributed by atoms with Crippen LogP contribution in [0.2, 0.25) is 0 Å². The van der Waals surface area contributed by atoms with Crippen molar-refractivity contribution in [3.05, 3.63) is 52.8 Å². The number of aryl methyl sites for hydroxylation is 2. The van der Waals surface area contributed by atoms with E-state index in [2.05, 4.69) is 59.5 Å². The minimum Gasteiger partial charge on any atom is -0.347 e. The molecule has 3 nitrogen and oxygen atoms in total. The molecule has 0 fully saturated rings. The van der Waals surface area contributed by atoms with Crippen molar-refractivity contribution in [2.45, 2.75) is 52.0 Å². The summed E-state index contributed by atoms with van der Waals surface area (Å²) >= 11 is 0. The first-order valence-corrected chi connectivity index (χ1v) is 7.83. The van der Waals surface area contributed by atoms with Crippen LogP contribution >= 0.6 is 0 Å². The Labute approximate surface area is 126 Å². The van der Waals surface area contributed by atoms with Gasteiger partial charge in [-0.15, -0.1) is 0 Å². The minimum atomic E-state index is 0.330. The van der Waals surface area contributed by atoms with Gasteiger partial charge in [-0.2, -0.15) is 0 Å². The average Bonchev–Trinajstić information content (AvgIpc) is 2.47. The number of nitrogens with one attached hydrogen (secondary N) is 1. The Morgan fingerprint density at radius 3 is 2.81 bits per heavy atom. The molecule has 0 saturated heterocycles. The first-order chi connectivity index (χ1) is 10.1. The Morgan fingerprint density at radius 1 is 1.19 bits per heavy atom. The van der Waals surface area contributed by atoms with Crippen molar-refractivity contribution in [1.82, 2.24) is 9.97 Å². The smallest absolute Gasteiger partial charge is 0.223 e. The maximum Gasteiger partial charge on any atom is 0.223 e. The zero-order chi connectivity index (χ0) is 14.8. The molecular formula is C18H23N3. The molecule has 0 amide bonds. The molecule has 0 aliphatic heterocycles. The van der Waals surface area contributed by atoms with E-state index in [9.17, 15) is 0 Å². The summed E-state index contributed by atoms with van der Waals surface area (Å²) in [6.07, 6.45) is 3.54. The standard InChI is InChI=1S/C18H23N3/c1-12(2)17-11-13(3)19-18(21-17)20-16-10-6-8-14-7-4-5-9-15(14)16/h4-5,7,9,11-12,16H,6,8,10H2,1-3H3,(H,19,20,21). The van der Waals surface area contributed by atoms with Gasteiger partial charge in [0.2, 0.25) is 5.95 Å². The summed E-state index contributed by atoms with van der Waals surface area (Å²) in [6.45, 7) is 6.37. The van der Waals surface area contributed by atoms with Crippen LogP contribution in [0.3, 0.4) is 0 Å². The van der Waals surface area contributed by atoms with Gasteiger partial charge in [0.15, 0.2) is 0 Å². The SMILES string of the molecule is Cc1cc(C(C)C)nc(NC2CCCc3ccccc32)n1. The first kappa shape index (κ1) is 14.1. The van der Waals surface area contributed by atoms with E-state index in [-0.39, 0.29) is 0 Å². The fourth-order valence-electron chi connectivity index (χ4n) is 3.01. The van der Waals surface area contributed by atoms with Crippen LogP contribution in [0.25, 0.3) is 0 Å². The molecule has 0 saturated carbocycles. The van der Waals surface area contributed by atoms with Gasteiger partial charge in [-0.1, -0.05) is 38.1 Å². The van der Waals surface area contributed by atoms with Crippen LogP contribution in [0, 0.1) is 6.92 Å². The number of rotatable bonds is 3. The van der Waals surface area contributed by atoms with Crippen molar-refractivity contribution in [1.29, 1.82) is 0 Å². The zero-order valence-corrected chi connectivity index (χ0v) is 13.1. The predicted molar refractivity (Wildman–Crippen MR) is 86.6 cm³/mol. The lowest BCUT2D eigenvalue weighted by molar-refractivity contribution is 0.595. The van der Waals surface area contributed by atoms with Gasteiger partial charge < -0.3 is 5.32 Å². The zero-order valence-electron chi connectivity index (χ0n) is 13.1. The van der Waals surface area contributed by atoms with Gasteiger partial charge in [0, 0.05) is 11.4 Å². The van der Waals surface area contributed by atoms with Gasteiger partial charge in [-0.25, -0.2) is 9.97 Å². The lowest BCUT2D eigenvalue weighted by atomic mass is 9.88. The molecule has 0 spiro atoms. The largest absolute Gasteiger partial charge is 0.347 e. The molecule has 1 aliphatic rings. The Kier molecular flexibility index (Phi) is 3.91. The lowest BCUT2D eigenvalue weighted by Gasteiger charge is -2.26. The summed E-state index contributed by atoms with van der Waals surface area (Å²) < 4.78 is 0. The van der Waals surface area contributed by atoms with Crippen molar-refractivity contribution in [2.24, 2.45) is 0 Å². The van der Waals surface area contributed by atoms with E-state index in [4.69, 9.17) is 0 Å². The monoisotopic (exact) mass is 281 g/mol. The molecule has 3 rings (SSSR count). The molecule has 1 aromatic carbocycles. The summed E-state index contributed by atoms with van der Waals surface area (Å²) in [4.78, 5) is 9.24. The van der Waals surface area contributed by atoms with Crippen molar-refractivity contribution >= 4 is 5.95 Å². The van der Waals surface area contributed by atoms with E-state index >= 15 is 0 Å². The Balaban J connectivity index is 1.88. The van der Waals surface area contributed by atoms with E-state index < -0.39 is 0 Å². The third-order valence-electron chi connectivity index (χ3n) is 4.14. The summed E-state index contributed by atoms with van der Waals surface area (Å²) in [5, 5.41) is 3.55. The van der Waals surface area contributed by atoms with Crippen LogP contribution in [0.1, 0.15) is 61.2 Å². The number of aromatic nitrogens is 2. The number of hydrogen-bond donors (Lipinski definition) is 1. The molecule has 21 heavy (non-hydrogen) atoms. The summed E-state index contributed by atoms with van der Waals surface area (Å²) in [7, 11) is 0. The van der Waals surface area contributed by atoms with Crippen molar-refractivity contribution < 1.29 is 0 Å². The van der Waals surface area contributed by atoms with Gasteiger partial charge in [0.05, 0.1) is 6.04 Å². The number of nitrogens with zero attached hydrogens (tertiary/aromatic N) is 2. The maximum absolute atomic E-state index is 4.68. The highest BCUT2D eigenvalue weighted by molar-refractivity contribution is 5.39. The second kappa shape index (κ2) is 5.84. The second-order valence-corrected chi connectivity index (χ2v) is 6.20. The second-order valence-electron chi connectivity index (χ2n) is 6.20. The van der Waals surface area contributed by atoms with Crippen LogP contribution in [-0.2, 0) is 6.42 Å². The molecule has 1 N–H and O–H groups in total. The van der Waals surface area contributed by atoms with Gasteiger partial charge in [-0.3, -0.25) is 0 Å². The highest BCUT2D eigenvalue weighted by Crippen LogP contribution is 2.31. The molecule has 3 heteroatoms. The van der Waals surface area contributed by atoms with E-state index in [1.807, 2.05) is 6.92 Å². The molecule has 110 valence electrons. The van der Waals surface area contributed by atoms with Crippen LogP contribution in [0.15, 0.2) is 30.3 Å². The summed E-state index contributed by atoms with van der Waals surface area (Å²) in [6, 6.07) is 11.1. The third-order valence-corrected chi connectivity index (χ3v) is 4.14. The molecular weight excluding hydrogens is 258 g/mol. The highest BCUT2D eigenvalue weighted by Gasteiger charge is 2.20. The molecule has 1 heterocycles. The van der Waals surface area contributed by atoms with Crippen LogP contribution in [0.5, 0.6) is 0 Å². The molecule has 0 radical (unpaired) electrons. The molecule has 1 aromatic heterocycles. The first-order valence-electron chi connectivity index (χ1n) is 7.83. The topological polar surface area (TPSA) is 37.8 Å². The summed E-state index contributed by atoms with van der Waals surface area (Å²) in [5.41, 5.74) is 4.99. The molecule has 1 aliphatic carbocycles. The number of hydrogen-bond acceptors (Lipinski definition) is 3. The fourth-order valence-corrected chi connectivity index (χ4v) is 3.01. The highest BCUT2D eigenvalue weighted by atomic mass is 15.1. The Hall–Kier alpha value is -1.90. The Bertz CT molecular complexity index is 634. The van der Waals surface area contributed by atoms with Crippen molar-refractivity contribution in [3.63, 3.8) is 0 Å². The van der Waals surface area contributed by atoms with Crippen LogP contribution in [-0.4, -0.2) is 9.97 Å². The van der Waals surface area contributed by atoms with Gasteiger partial charge >= 0.3 is 0 Å². The minimum absolute atomic E-state index is 0.330. The van der Waals surface area contributed by atoms with Gasteiger partial charge in [-0.05, 0) is 49.3 Å². The number of anilines is 1. The van der Waals surface area contributed by atoms with Crippen LogP contribution < -0.4 is 5.32 Å². The van der Waals surface area contributed by atoms with Crippen molar-refractivity contribution in [3.8, 4) is 0 Å². The van der Waals surface area contributed by atoms with Gasteiger partial charge in [0.25, 0.3) is 0 Å². The van der Waals surface area contributed by atoms with Crippen molar-refractivity contribution in [2.75, 3.05) is 5.32 Å². The summed E-state index contributed by atoms with van der Waals surface area (Å²) in [5.74, 6) is 1.19. The molecule has 2 aromatic rings. The third kappa shape index (κ3) is 3.07. The van der Waals surface area contributed by atoms with Crippen LogP contribution in [0.4, 0.5) is 5.95 Å². The van der Waals surface area contributed by atoms with E-state index in [0.29, 0.717) is 12.0 Å². The van der Waals surface area contributed by atoms with E-state index in [1.165, 1.54) is 24.0 Å². The predicted octanol–water partition coefficient (Wildman–Crippen LogP) is 4.40. The lowest BCUT2D eigenvalue weighted by Crippen LogP contribution is -2.19.